The average Bonchev–Trinajstić information content (AvgIpc) is 3.06. The van der Waals surface area contributed by atoms with Crippen LogP contribution < -0.4 is 0 Å². The second kappa shape index (κ2) is 11.6. The van der Waals surface area contributed by atoms with E-state index in [9.17, 15) is 0 Å². The van der Waals surface area contributed by atoms with Crippen LogP contribution in [0.25, 0.3) is 22.2 Å². The van der Waals surface area contributed by atoms with Crippen molar-refractivity contribution in [2.75, 3.05) is 13.6 Å². The molecule has 0 amide bonds. The summed E-state index contributed by atoms with van der Waals surface area (Å²) in [5, 5.41) is 0. The Balaban J connectivity index is 0.000000855. The fourth-order valence-electron chi connectivity index (χ4n) is 3.09. The Labute approximate surface area is 165 Å². The van der Waals surface area contributed by atoms with E-state index in [0.717, 1.165) is 29.9 Å². The second-order valence-electron chi connectivity index (χ2n) is 6.43. The molecule has 1 heterocycles. The van der Waals surface area contributed by atoms with E-state index in [1.165, 1.54) is 28.7 Å². The zero-order valence-corrected chi connectivity index (χ0v) is 18.5. The summed E-state index contributed by atoms with van der Waals surface area (Å²) in [6, 6.07) is 13.2. The second-order valence-corrected chi connectivity index (χ2v) is 6.43. The van der Waals surface area contributed by atoms with E-state index >= 15 is 0 Å². The first kappa shape index (κ1) is 22.9. The molecule has 0 saturated heterocycles. The molecule has 0 fully saturated rings. The zero-order valence-electron chi connectivity index (χ0n) is 18.5. The molecule has 3 nitrogen and oxygen atoms in total. The highest BCUT2D eigenvalue weighted by Crippen LogP contribution is 2.26. The molecule has 1 aromatic heterocycles. The van der Waals surface area contributed by atoms with E-state index in [4.69, 9.17) is 0 Å². The van der Waals surface area contributed by atoms with Crippen molar-refractivity contribution in [3.63, 3.8) is 0 Å². The molecular formula is C24H37N3. The number of aromatic amines is 1. The number of rotatable bonds is 5. The first-order valence-corrected chi connectivity index (χ1v) is 10.3. The molecule has 27 heavy (non-hydrogen) atoms. The van der Waals surface area contributed by atoms with Crippen LogP contribution in [-0.4, -0.2) is 28.5 Å². The van der Waals surface area contributed by atoms with Crippen molar-refractivity contribution in [2.24, 2.45) is 0 Å². The van der Waals surface area contributed by atoms with E-state index in [1.807, 2.05) is 34.6 Å². The summed E-state index contributed by atoms with van der Waals surface area (Å²) in [4.78, 5) is 10.2. The third-order valence-electron chi connectivity index (χ3n) is 4.33. The first-order chi connectivity index (χ1) is 13.1. The number of fused-ring (bicyclic) bond motifs is 1. The van der Waals surface area contributed by atoms with E-state index in [-0.39, 0.29) is 0 Å². The highest BCUT2D eigenvalue weighted by Gasteiger charge is 2.07. The van der Waals surface area contributed by atoms with Gasteiger partial charge in [-0.15, -0.1) is 0 Å². The topological polar surface area (TPSA) is 31.9 Å². The summed E-state index contributed by atoms with van der Waals surface area (Å²) in [5.74, 6) is 0.961. The maximum Gasteiger partial charge on any atom is 0.104 e. The van der Waals surface area contributed by atoms with Gasteiger partial charge in [-0.25, -0.2) is 4.98 Å². The number of nitrogens with one attached hydrogen (secondary N) is 1. The summed E-state index contributed by atoms with van der Waals surface area (Å²) in [6.45, 7) is 16.5. The van der Waals surface area contributed by atoms with E-state index in [0.29, 0.717) is 0 Å². The van der Waals surface area contributed by atoms with Crippen molar-refractivity contribution in [1.29, 1.82) is 0 Å². The van der Waals surface area contributed by atoms with Crippen molar-refractivity contribution in [1.82, 2.24) is 14.9 Å². The van der Waals surface area contributed by atoms with Gasteiger partial charge in [-0.05, 0) is 74.3 Å². The van der Waals surface area contributed by atoms with Gasteiger partial charge in [-0.3, -0.25) is 0 Å². The molecule has 3 rings (SSSR count). The molecule has 0 aliphatic heterocycles. The maximum atomic E-state index is 4.48. The number of hydrogen-bond acceptors (Lipinski definition) is 2. The van der Waals surface area contributed by atoms with Gasteiger partial charge in [0.25, 0.3) is 0 Å². The van der Waals surface area contributed by atoms with Crippen LogP contribution in [-0.2, 0) is 6.54 Å². The lowest BCUT2D eigenvalue weighted by molar-refractivity contribution is 0.327. The van der Waals surface area contributed by atoms with Gasteiger partial charge in [0, 0.05) is 6.54 Å². The molecule has 1 N–H and O–H groups in total. The quantitative estimate of drug-likeness (QED) is 0.541. The lowest BCUT2D eigenvalue weighted by atomic mass is 9.99. The predicted molar refractivity (Wildman–Crippen MR) is 120 cm³/mol. The Kier molecular flexibility index (Phi) is 9.81. The smallest absolute Gasteiger partial charge is 0.104 e. The van der Waals surface area contributed by atoms with Crippen molar-refractivity contribution in [3.05, 3.63) is 53.3 Å². The molecule has 0 saturated carbocycles. The highest BCUT2D eigenvalue weighted by atomic mass is 15.1. The molecule has 0 aliphatic rings. The van der Waals surface area contributed by atoms with Crippen LogP contribution in [0.2, 0.25) is 0 Å². The number of nitrogens with zero attached hydrogens (tertiary/aromatic N) is 2. The highest BCUT2D eigenvalue weighted by molar-refractivity contribution is 5.82. The molecular weight excluding hydrogens is 330 g/mol. The van der Waals surface area contributed by atoms with Crippen molar-refractivity contribution in [3.8, 4) is 11.1 Å². The Morgan fingerprint density at radius 2 is 1.56 bits per heavy atom. The molecule has 0 spiro atoms. The van der Waals surface area contributed by atoms with Crippen LogP contribution in [0, 0.1) is 13.8 Å². The van der Waals surface area contributed by atoms with Gasteiger partial charge in [-0.1, -0.05) is 52.8 Å². The number of aryl methyl sites for hydroxylation is 2. The minimum atomic E-state index is 0.961. The van der Waals surface area contributed by atoms with Crippen molar-refractivity contribution < 1.29 is 0 Å². The van der Waals surface area contributed by atoms with Crippen LogP contribution >= 0.6 is 0 Å². The standard InChI is InChI=1S/C20H25N3.2C2H6/c1-5-10-23(4)13-18-11-16(7-6-14(18)2)17-8-9-19-20(12-17)22-15(3)21-19;2*1-2/h6-9,11-12H,5,10,13H2,1-4H3,(H,21,22);2*1-2H3. The lowest BCUT2D eigenvalue weighted by Crippen LogP contribution is -2.19. The number of hydrogen-bond donors (Lipinski definition) is 1. The van der Waals surface area contributed by atoms with Gasteiger partial charge in [0.05, 0.1) is 11.0 Å². The van der Waals surface area contributed by atoms with Crippen LogP contribution in [0.15, 0.2) is 36.4 Å². The summed E-state index contributed by atoms with van der Waals surface area (Å²) < 4.78 is 0. The number of aromatic nitrogens is 2. The maximum absolute atomic E-state index is 4.48. The molecule has 2 aromatic carbocycles. The molecule has 0 unspecified atom stereocenters. The average molecular weight is 368 g/mol. The normalized spacial score (nSPS) is 10.3. The summed E-state index contributed by atoms with van der Waals surface area (Å²) in [6.07, 6.45) is 1.19. The molecule has 0 aliphatic carbocycles. The third-order valence-corrected chi connectivity index (χ3v) is 4.33. The zero-order chi connectivity index (χ0) is 20.4. The molecule has 0 atom stereocenters. The number of benzene rings is 2. The Morgan fingerprint density at radius 1 is 0.926 bits per heavy atom. The van der Waals surface area contributed by atoms with E-state index in [1.54, 1.807) is 0 Å². The fourth-order valence-corrected chi connectivity index (χ4v) is 3.09. The lowest BCUT2D eigenvalue weighted by Gasteiger charge is -2.18. The van der Waals surface area contributed by atoms with Gasteiger partial charge in [0.1, 0.15) is 5.82 Å². The monoisotopic (exact) mass is 367 g/mol. The Hall–Kier alpha value is -2.13. The van der Waals surface area contributed by atoms with Crippen molar-refractivity contribution >= 4 is 11.0 Å². The summed E-state index contributed by atoms with van der Waals surface area (Å²) in [5.41, 5.74) is 7.39. The van der Waals surface area contributed by atoms with Crippen LogP contribution in [0.5, 0.6) is 0 Å². The predicted octanol–water partition coefficient (Wildman–Crippen LogP) is 6.74. The van der Waals surface area contributed by atoms with Gasteiger partial charge < -0.3 is 9.88 Å². The Bertz CT molecular complexity index is 818. The number of H-pyrrole nitrogens is 1. The first-order valence-electron chi connectivity index (χ1n) is 10.3. The van der Waals surface area contributed by atoms with Crippen LogP contribution in [0.1, 0.15) is 58.0 Å². The van der Waals surface area contributed by atoms with Gasteiger partial charge in [0.15, 0.2) is 0 Å². The SMILES string of the molecule is CC.CC.CCCN(C)Cc1cc(-c2ccc3nc(C)[nH]c3c2)ccc1C. The third kappa shape index (κ3) is 6.21. The fraction of sp³-hybridized carbons (Fsp3) is 0.458. The van der Waals surface area contributed by atoms with Crippen LogP contribution in [0.3, 0.4) is 0 Å². The van der Waals surface area contributed by atoms with Crippen molar-refractivity contribution in [2.45, 2.75) is 61.4 Å². The van der Waals surface area contributed by atoms with Gasteiger partial charge in [-0.2, -0.15) is 0 Å². The van der Waals surface area contributed by atoms with E-state index < -0.39 is 0 Å². The van der Waals surface area contributed by atoms with Gasteiger partial charge in [0.2, 0.25) is 0 Å². The number of imidazole rings is 1. The van der Waals surface area contributed by atoms with Gasteiger partial charge >= 0.3 is 0 Å². The minimum absolute atomic E-state index is 0.961. The molecule has 3 heteroatoms. The summed E-state index contributed by atoms with van der Waals surface area (Å²) >= 11 is 0. The largest absolute Gasteiger partial charge is 0.342 e. The molecule has 3 aromatic rings. The molecule has 148 valence electrons. The Morgan fingerprint density at radius 3 is 2.22 bits per heavy atom. The molecule has 0 radical (unpaired) electrons. The molecule has 0 bridgehead atoms. The summed E-state index contributed by atoms with van der Waals surface area (Å²) in [7, 11) is 2.19. The van der Waals surface area contributed by atoms with E-state index in [2.05, 4.69) is 72.2 Å². The minimum Gasteiger partial charge on any atom is -0.342 e. The van der Waals surface area contributed by atoms with Crippen LogP contribution in [0.4, 0.5) is 0 Å².